The van der Waals surface area contributed by atoms with E-state index in [2.05, 4.69) is 31.4 Å². The summed E-state index contributed by atoms with van der Waals surface area (Å²) in [6.07, 6.45) is 1.53. The van der Waals surface area contributed by atoms with Gasteiger partial charge in [0.15, 0.2) is 5.16 Å². The minimum atomic E-state index is -0.315. The van der Waals surface area contributed by atoms with Crippen LogP contribution in [0.2, 0.25) is 5.02 Å². The quantitative estimate of drug-likeness (QED) is 0.165. The topological polar surface area (TPSA) is 76.3 Å². The zero-order valence-corrected chi connectivity index (χ0v) is 19.7. The van der Waals surface area contributed by atoms with Crippen molar-refractivity contribution in [2.75, 3.05) is 5.75 Å². The van der Waals surface area contributed by atoms with Gasteiger partial charge in [0.25, 0.3) is 11.5 Å². The molecule has 4 rings (SSSR count). The Labute approximate surface area is 201 Å². The van der Waals surface area contributed by atoms with Crippen molar-refractivity contribution in [2.45, 2.75) is 5.16 Å². The van der Waals surface area contributed by atoms with Crippen LogP contribution in [0, 0.1) is 0 Å². The van der Waals surface area contributed by atoms with E-state index in [0.717, 1.165) is 10.0 Å². The van der Waals surface area contributed by atoms with E-state index in [4.69, 9.17) is 11.6 Å². The lowest BCUT2D eigenvalue weighted by Crippen LogP contribution is -2.24. The first-order chi connectivity index (χ1) is 15.5. The molecule has 1 aromatic heterocycles. The van der Waals surface area contributed by atoms with Crippen molar-refractivity contribution in [1.29, 1.82) is 0 Å². The predicted octanol–water partition coefficient (Wildman–Crippen LogP) is 5.04. The van der Waals surface area contributed by atoms with Gasteiger partial charge in [-0.2, -0.15) is 5.10 Å². The Morgan fingerprint density at radius 1 is 1.09 bits per heavy atom. The summed E-state index contributed by atoms with van der Waals surface area (Å²) in [4.78, 5) is 30.1. The van der Waals surface area contributed by atoms with E-state index in [-0.39, 0.29) is 17.2 Å². The fourth-order valence-electron chi connectivity index (χ4n) is 2.92. The molecule has 6 nitrogen and oxygen atoms in total. The van der Waals surface area contributed by atoms with Gasteiger partial charge in [0.2, 0.25) is 0 Å². The lowest BCUT2D eigenvalue weighted by molar-refractivity contribution is -0.118. The van der Waals surface area contributed by atoms with Gasteiger partial charge in [-0.25, -0.2) is 10.4 Å². The molecule has 0 atom stereocenters. The summed E-state index contributed by atoms with van der Waals surface area (Å²) in [7, 11) is 0. The number of halogens is 2. The highest BCUT2D eigenvalue weighted by atomic mass is 79.9. The largest absolute Gasteiger partial charge is 0.272 e. The molecule has 0 aliphatic rings. The van der Waals surface area contributed by atoms with E-state index in [1.165, 1.54) is 22.5 Å². The van der Waals surface area contributed by atoms with Crippen LogP contribution in [-0.4, -0.2) is 27.4 Å². The smallest absolute Gasteiger partial charge is 0.266 e. The van der Waals surface area contributed by atoms with E-state index in [1.54, 1.807) is 42.5 Å². The first kappa shape index (κ1) is 22.3. The van der Waals surface area contributed by atoms with Crippen LogP contribution in [-0.2, 0) is 4.79 Å². The van der Waals surface area contributed by atoms with Gasteiger partial charge in [0.1, 0.15) is 0 Å². The third kappa shape index (κ3) is 5.27. The van der Waals surface area contributed by atoms with Crippen molar-refractivity contribution in [3.05, 3.63) is 98.2 Å². The number of carbonyl (C=O) groups excluding carboxylic acids is 1. The summed E-state index contributed by atoms with van der Waals surface area (Å²) in [6, 6.07) is 21.6. The second kappa shape index (κ2) is 10.1. The van der Waals surface area contributed by atoms with Crippen molar-refractivity contribution < 1.29 is 4.79 Å². The first-order valence-corrected chi connectivity index (χ1v) is 11.6. The monoisotopic (exact) mass is 526 g/mol. The van der Waals surface area contributed by atoms with Gasteiger partial charge < -0.3 is 0 Å². The number of nitrogens with zero attached hydrogens (tertiary/aromatic N) is 3. The standard InChI is InChI=1S/C23H16BrClN4O2S/c24-16-7-11-18(12-8-16)29-22(31)19-3-1-2-4-20(19)27-23(29)32-14-21(30)28-26-13-15-5-9-17(25)10-6-15/h1-13H,14H2,(H,28,30)/b26-13+. The first-order valence-electron chi connectivity index (χ1n) is 9.49. The molecule has 0 aliphatic carbocycles. The Morgan fingerprint density at radius 3 is 2.56 bits per heavy atom. The summed E-state index contributed by atoms with van der Waals surface area (Å²) in [5, 5.41) is 5.53. The number of hydrogen-bond donors (Lipinski definition) is 1. The third-order valence-corrected chi connectivity index (χ3v) is 6.15. The second-order valence-corrected chi connectivity index (χ2v) is 8.96. The number of nitrogens with one attached hydrogen (secondary N) is 1. The molecule has 0 unspecified atom stereocenters. The zero-order chi connectivity index (χ0) is 22.5. The van der Waals surface area contributed by atoms with E-state index in [0.29, 0.717) is 26.8 Å². The molecule has 4 aromatic rings. The lowest BCUT2D eigenvalue weighted by atomic mass is 10.2. The summed E-state index contributed by atoms with van der Waals surface area (Å²) in [5.41, 5.74) is 4.35. The maximum Gasteiger partial charge on any atom is 0.266 e. The molecule has 0 radical (unpaired) electrons. The Balaban J connectivity index is 1.56. The van der Waals surface area contributed by atoms with Crippen molar-refractivity contribution in [2.24, 2.45) is 5.10 Å². The number of hydrogen-bond acceptors (Lipinski definition) is 5. The molecule has 0 fully saturated rings. The summed E-state index contributed by atoms with van der Waals surface area (Å²) in [5.74, 6) is -0.274. The van der Waals surface area contributed by atoms with Gasteiger partial charge in [-0.15, -0.1) is 0 Å². The van der Waals surface area contributed by atoms with Gasteiger partial charge in [-0.3, -0.25) is 14.2 Å². The van der Waals surface area contributed by atoms with Crippen LogP contribution in [0.1, 0.15) is 5.56 Å². The van der Waals surface area contributed by atoms with Crippen LogP contribution in [0.15, 0.2) is 92.3 Å². The maximum atomic E-state index is 13.2. The molecule has 32 heavy (non-hydrogen) atoms. The molecule has 1 N–H and O–H groups in total. The highest BCUT2D eigenvalue weighted by Crippen LogP contribution is 2.22. The molecule has 0 saturated heterocycles. The number of benzene rings is 3. The fraction of sp³-hybridized carbons (Fsp3) is 0.0435. The molecule has 160 valence electrons. The van der Waals surface area contributed by atoms with Crippen LogP contribution >= 0.6 is 39.3 Å². The Kier molecular flexibility index (Phi) is 7.04. The predicted molar refractivity (Wildman–Crippen MR) is 133 cm³/mol. The molecule has 0 spiro atoms. The zero-order valence-electron chi connectivity index (χ0n) is 16.5. The van der Waals surface area contributed by atoms with E-state index in [1.807, 2.05) is 30.3 Å². The lowest BCUT2D eigenvalue weighted by Gasteiger charge is -2.13. The molecule has 0 aliphatic heterocycles. The van der Waals surface area contributed by atoms with Crippen molar-refractivity contribution in [3.8, 4) is 5.69 Å². The van der Waals surface area contributed by atoms with Crippen molar-refractivity contribution >= 4 is 62.3 Å². The summed E-state index contributed by atoms with van der Waals surface area (Å²) in [6.45, 7) is 0. The average molecular weight is 528 g/mol. The fourth-order valence-corrected chi connectivity index (χ4v) is 4.11. The van der Waals surface area contributed by atoms with E-state index in [9.17, 15) is 9.59 Å². The number of amides is 1. The SMILES string of the molecule is O=C(CSc1nc2ccccc2c(=O)n1-c1ccc(Br)cc1)N/N=C/c1ccc(Cl)cc1. The van der Waals surface area contributed by atoms with Crippen LogP contribution in [0.25, 0.3) is 16.6 Å². The maximum absolute atomic E-state index is 13.2. The summed E-state index contributed by atoms with van der Waals surface area (Å²) < 4.78 is 2.42. The Bertz CT molecular complexity index is 1360. The highest BCUT2D eigenvalue weighted by Gasteiger charge is 2.14. The van der Waals surface area contributed by atoms with Crippen molar-refractivity contribution in [3.63, 3.8) is 0 Å². The molecule has 1 heterocycles. The van der Waals surface area contributed by atoms with Crippen LogP contribution in [0.3, 0.4) is 0 Å². The number of hydrazone groups is 1. The normalized spacial score (nSPS) is 11.2. The molecular formula is C23H16BrClN4O2S. The van der Waals surface area contributed by atoms with Crippen LogP contribution < -0.4 is 11.0 Å². The minimum absolute atomic E-state index is 0.0409. The Morgan fingerprint density at radius 2 is 1.81 bits per heavy atom. The van der Waals surface area contributed by atoms with Gasteiger partial charge in [-0.1, -0.05) is 63.6 Å². The second-order valence-electron chi connectivity index (χ2n) is 6.66. The molecule has 0 bridgehead atoms. The molecule has 3 aromatic carbocycles. The Hall–Kier alpha value is -2.94. The van der Waals surface area contributed by atoms with Crippen LogP contribution in [0.5, 0.6) is 0 Å². The van der Waals surface area contributed by atoms with Crippen LogP contribution in [0.4, 0.5) is 0 Å². The van der Waals surface area contributed by atoms with Gasteiger partial charge in [-0.05, 0) is 54.1 Å². The molecule has 0 saturated carbocycles. The number of para-hydroxylation sites is 1. The molecule has 1 amide bonds. The molecule has 9 heteroatoms. The van der Waals surface area contributed by atoms with E-state index < -0.39 is 0 Å². The highest BCUT2D eigenvalue weighted by molar-refractivity contribution is 9.10. The van der Waals surface area contributed by atoms with Gasteiger partial charge in [0, 0.05) is 9.50 Å². The summed E-state index contributed by atoms with van der Waals surface area (Å²) >= 11 is 10.4. The van der Waals surface area contributed by atoms with E-state index >= 15 is 0 Å². The van der Waals surface area contributed by atoms with Gasteiger partial charge in [0.05, 0.1) is 28.6 Å². The number of fused-ring (bicyclic) bond motifs is 1. The number of thioether (sulfide) groups is 1. The number of rotatable bonds is 6. The minimum Gasteiger partial charge on any atom is -0.272 e. The number of aromatic nitrogens is 2. The number of carbonyl (C=O) groups is 1. The van der Waals surface area contributed by atoms with Crippen molar-refractivity contribution in [1.82, 2.24) is 15.0 Å². The third-order valence-electron chi connectivity index (χ3n) is 4.43. The van der Waals surface area contributed by atoms with Gasteiger partial charge >= 0.3 is 0 Å². The average Bonchev–Trinajstić information content (AvgIpc) is 2.80. The molecular weight excluding hydrogens is 512 g/mol.